The molecule has 6 aromatic heterocycles. The molecule has 0 aliphatic carbocycles. The average molecular weight is 492 g/mol. The molecule has 1 aliphatic rings. The third-order valence-electron chi connectivity index (χ3n) is 6.92. The van der Waals surface area contributed by atoms with Gasteiger partial charge in [0.15, 0.2) is 0 Å². The van der Waals surface area contributed by atoms with Crippen LogP contribution in [0.5, 0.6) is 5.75 Å². The van der Waals surface area contributed by atoms with Crippen molar-refractivity contribution in [2.75, 3.05) is 26.2 Å². The number of H-pyrrole nitrogens is 2. The van der Waals surface area contributed by atoms with Gasteiger partial charge in [-0.3, -0.25) is 20.0 Å². The van der Waals surface area contributed by atoms with Crippen LogP contribution in [0.15, 0.2) is 72.1 Å². The number of pyridine rings is 3. The summed E-state index contributed by atoms with van der Waals surface area (Å²) in [6.07, 6.45) is 13.2. The van der Waals surface area contributed by atoms with Crippen LogP contribution in [0.3, 0.4) is 0 Å². The summed E-state index contributed by atoms with van der Waals surface area (Å²) in [6.45, 7) is 3.92. The second kappa shape index (κ2) is 9.18. The molecule has 0 spiro atoms. The van der Waals surface area contributed by atoms with Gasteiger partial charge in [0, 0.05) is 41.0 Å². The number of nitrogens with zero attached hydrogens (tertiary/aromatic N) is 5. The van der Waals surface area contributed by atoms with Gasteiger partial charge >= 0.3 is 0 Å². The zero-order valence-corrected chi connectivity index (χ0v) is 20.1. The van der Waals surface area contributed by atoms with Gasteiger partial charge in [0.2, 0.25) is 0 Å². The number of fused-ring (bicyclic) bond motifs is 2. The Morgan fingerprint density at radius 1 is 0.946 bits per heavy atom. The molecule has 9 nitrogen and oxygen atoms in total. The van der Waals surface area contributed by atoms with E-state index in [9.17, 15) is 0 Å². The summed E-state index contributed by atoms with van der Waals surface area (Å²) in [7, 11) is 0. The molecule has 37 heavy (non-hydrogen) atoms. The molecule has 7 heterocycles. The van der Waals surface area contributed by atoms with E-state index in [1.165, 1.54) is 12.8 Å². The maximum Gasteiger partial charge on any atom is 0.138 e. The second-order valence-electron chi connectivity index (χ2n) is 9.31. The Labute approximate surface area is 212 Å². The quantitative estimate of drug-likeness (QED) is 0.312. The minimum absolute atomic E-state index is 0.652. The number of furan rings is 1. The minimum atomic E-state index is 0.652. The van der Waals surface area contributed by atoms with Crippen LogP contribution in [0.25, 0.3) is 55.7 Å². The molecule has 0 aromatic carbocycles. The lowest BCUT2D eigenvalue weighted by atomic mass is 10.1. The largest absolute Gasteiger partial charge is 0.491 e. The number of ether oxygens (including phenoxy) is 1. The van der Waals surface area contributed by atoms with Crippen molar-refractivity contribution in [2.45, 2.75) is 12.8 Å². The van der Waals surface area contributed by atoms with Crippen molar-refractivity contribution in [3.05, 3.63) is 67.6 Å². The fraction of sp³-hybridized carbons (Fsp3) is 0.214. The number of aromatic amines is 2. The highest BCUT2D eigenvalue weighted by Crippen LogP contribution is 2.34. The van der Waals surface area contributed by atoms with E-state index < -0.39 is 0 Å². The lowest BCUT2D eigenvalue weighted by Gasteiger charge is -2.15. The zero-order chi connectivity index (χ0) is 24.6. The Kier molecular flexibility index (Phi) is 5.40. The van der Waals surface area contributed by atoms with Crippen LogP contribution in [0.2, 0.25) is 0 Å². The molecule has 2 N–H and O–H groups in total. The predicted molar refractivity (Wildman–Crippen MR) is 141 cm³/mol. The van der Waals surface area contributed by atoms with Gasteiger partial charge in [0.25, 0.3) is 0 Å². The van der Waals surface area contributed by atoms with Gasteiger partial charge in [-0.1, -0.05) is 0 Å². The highest BCUT2D eigenvalue weighted by Gasteiger charge is 2.16. The van der Waals surface area contributed by atoms with E-state index in [2.05, 4.69) is 36.1 Å². The molecule has 6 aromatic rings. The van der Waals surface area contributed by atoms with Crippen molar-refractivity contribution >= 4 is 21.9 Å². The van der Waals surface area contributed by atoms with Crippen LogP contribution < -0.4 is 4.74 Å². The maximum atomic E-state index is 6.00. The highest BCUT2D eigenvalue weighted by molar-refractivity contribution is 5.99. The Balaban J connectivity index is 1.20. The minimum Gasteiger partial charge on any atom is -0.491 e. The molecule has 184 valence electrons. The standard InChI is InChI=1S/C28H25N7O2/c1-2-7-35(6-1)8-10-37-20-11-19(13-29-14-20)23-3-4-24-27(32-23)28(34-33-24)25-12-21-22(18-5-9-36-17-18)15-30-16-26(21)31-25/h3-5,9,11-17,31H,1-2,6-8,10H2,(H,33,34). The molecule has 1 saturated heterocycles. The molecule has 1 fully saturated rings. The van der Waals surface area contributed by atoms with E-state index in [1.807, 2.05) is 42.9 Å². The van der Waals surface area contributed by atoms with E-state index in [0.717, 1.165) is 81.1 Å². The van der Waals surface area contributed by atoms with Gasteiger partial charge in [-0.2, -0.15) is 5.10 Å². The van der Waals surface area contributed by atoms with Gasteiger partial charge in [0.1, 0.15) is 23.6 Å². The van der Waals surface area contributed by atoms with Gasteiger partial charge in [-0.25, -0.2) is 4.98 Å². The normalized spacial score (nSPS) is 14.2. The molecule has 0 unspecified atom stereocenters. The van der Waals surface area contributed by atoms with Crippen LogP contribution in [0.4, 0.5) is 0 Å². The first kappa shape index (κ1) is 21.8. The highest BCUT2D eigenvalue weighted by atomic mass is 16.5. The number of hydrogen-bond acceptors (Lipinski definition) is 7. The van der Waals surface area contributed by atoms with E-state index in [-0.39, 0.29) is 0 Å². The molecule has 0 atom stereocenters. The van der Waals surface area contributed by atoms with Crippen molar-refractivity contribution in [3.63, 3.8) is 0 Å². The smallest absolute Gasteiger partial charge is 0.138 e. The monoisotopic (exact) mass is 491 g/mol. The van der Waals surface area contributed by atoms with Crippen LogP contribution in [-0.4, -0.2) is 61.3 Å². The summed E-state index contributed by atoms with van der Waals surface area (Å²) in [6, 6.07) is 9.98. The van der Waals surface area contributed by atoms with Crippen LogP contribution in [0.1, 0.15) is 12.8 Å². The van der Waals surface area contributed by atoms with Crippen LogP contribution in [0, 0.1) is 0 Å². The molecule has 9 heteroatoms. The summed E-state index contributed by atoms with van der Waals surface area (Å²) in [4.78, 5) is 19.6. The summed E-state index contributed by atoms with van der Waals surface area (Å²) in [5.41, 5.74) is 7.85. The predicted octanol–water partition coefficient (Wildman–Crippen LogP) is 5.30. The molecule has 0 amide bonds. The Morgan fingerprint density at radius 2 is 1.86 bits per heavy atom. The number of aromatic nitrogens is 6. The van der Waals surface area contributed by atoms with Crippen molar-refractivity contribution < 1.29 is 9.15 Å². The Hall–Kier alpha value is -4.50. The summed E-state index contributed by atoms with van der Waals surface area (Å²) >= 11 is 0. The number of likely N-dealkylation sites (tertiary alicyclic amines) is 1. The molecular formula is C28H25N7O2. The summed E-state index contributed by atoms with van der Waals surface area (Å²) in [5, 5.41) is 8.73. The molecule has 0 bridgehead atoms. The first-order chi connectivity index (χ1) is 18.3. The fourth-order valence-corrected chi connectivity index (χ4v) is 5.01. The van der Waals surface area contributed by atoms with Crippen LogP contribution >= 0.6 is 0 Å². The van der Waals surface area contributed by atoms with Crippen LogP contribution in [-0.2, 0) is 0 Å². The Bertz CT molecular complexity index is 1680. The third-order valence-corrected chi connectivity index (χ3v) is 6.92. The summed E-state index contributed by atoms with van der Waals surface area (Å²) < 4.78 is 11.3. The second-order valence-corrected chi connectivity index (χ2v) is 9.31. The summed E-state index contributed by atoms with van der Waals surface area (Å²) in [5.74, 6) is 0.751. The molecule has 1 aliphatic heterocycles. The van der Waals surface area contributed by atoms with Crippen molar-refractivity contribution in [3.8, 4) is 39.5 Å². The van der Waals surface area contributed by atoms with E-state index in [1.54, 1.807) is 18.7 Å². The fourth-order valence-electron chi connectivity index (χ4n) is 5.01. The average Bonchev–Trinajstić information content (AvgIpc) is 3.74. The van der Waals surface area contributed by atoms with Gasteiger partial charge in [-0.05, 0) is 56.3 Å². The van der Waals surface area contributed by atoms with E-state index >= 15 is 0 Å². The van der Waals surface area contributed by atoms with Gasteiger partial charge in [0.05, 0.1) is 47.3 Å². The topological polar surface area (TPSA) is 109 Å². The molecule has 0 radical (unpaired) electrons. The lowest BCUT2D eigenvalue weighted by Crippen LogP contribution is -2.25. The van der Waals surface area contributed by atoms with Crippen molar-refractivity contribution in [2.24, 2.45) is 0 Å². The Morgan fingerprint density at radius 3 is 2.76 bits per heavy atom. The SMILES string of the molecule is c1cc(-c2cncc3[nH]c(-c4n[nH]c5ccc(-c6cncc(OCCN7CCCC7)c6)nc45)cc23)co1. The van der Waals surface area contributed by atoms with Gasteiger partial charge in [-0.15, -0.1) is 0 Å². The first-order valence-corrected chi connectivity index (χ1v) is 12.5. The number of rotatable bonds is 7. The van der Waals surface area contributed by atoms with Gasteiger partial charge < -0.3 is 14.1 Å². The maximum absolute atomic E-state index is 6.00. The lowest BCUT2D eigenvalue weighted by molar-refractivity contribution is 0.237. The first-order valence-electron chi connectivity index (χ1n) is 12.5. The molecule has 7 rings (SSSR count). The van der Waals surface area contributed by atoms with Crippen molar-refractivity contribution in [1.82, 2.24) is 35.0 Å². The van der Waals surface area contributed by atoms with E-state index in [4.69, 9.17) is 14.1 Å². The van der Waals surface area contributed by atoms with Crippen molar-refractivity contribution in [1.29, 1.82) is 0 Å². The van der Waals surface area contributed by atoms with E-state index in [0.29, 0.717) is 6.61 Å². The zero-order valence-electron chi connectivity index (χ0n) is 20.1. The number of nitrogens with one attached hydrogen (secondary N) is 2. The molecular weight excluding hydrogens is 466 g/mol. The molecule has 0 saturated carbocycles. The number of hydrogen-bond donors (Lipinski definition) is 2. The third kappa shape index (κ3) is 4.13.